The summed E-state index contributed by atoms with van der Waals surface area (Å²) in [6, 6.07) is 9.20. The third-order valence-electron chi connectivity index (χ3n) is 6.43. The van der Waals surface area contributed by atoms with Crippen LogP contribution in [0, 0.1) is 11.8 Å². The first kappa shape index (κ1) is 27.0. The van der Waals surface area contributed by atoms with E-state index in [2.05, 4.69) is 50.0 Å². The Balaban J connectivity index is 0.000000479. The zero-order chi connectivity index (χ0) is 24.2. The summed E-state index contributed by atoms with van der Waals surface area (Å²) in [5.41, 5.74) is 12.4. The van der Waals surface area contributed by atoms with E-state index in [1.165, 1.54) is 55.0 Å². The number of nitrogens with two attached hydrogens (primary N) is 1. The second-order valence-electron chi connectivity index (χ2n) is 9.68. The van der Waals surface area contributed by atoms with Crippen LogP contribution in [0.4, 0.5) is 5.69 Å². The molecule has 2 aliphatic rings. The number of nitrogens with one attached hydrogen (secondary N) is 1. The van der Waals surface area contributed by atoms with Crippen LogP contribution in [0.25, 0.3) is 0 Å². The molecule has 1 atom stereocenters. The maximum atomic E-state index is 10.4. The van der Waals surface area contributed by atoms with Crippen LogP contribution in [0.15, 0.2) is 53.2 Å². The minimum Gasteiger partial charge on any atom is -0.402 e. The van der Waals surface area contributed by atoms with Gasteiger partial charge in [-0.3, -0.25) is 9.79 Å². The third-order valence-corrected chi connectivity index (χ3v) is 6.43. The number of hydrogen-bond donors (Lipinski definition) is 2. The van der Waals surface area contributed by atoms with E-state index in [-0.39, 0.29) is 11.7 Å². The molecule has 4 nitrogen and oxygen atoms in total. The first-order valence-corrected chi connectivity index (χ1v) is 12.9. The summed E-state index contributed by atoms with van der Waals surface area (Å²) in [4.78, 5) is 15.4. The zero-order valence-corrected chi connectivity index (χ0v) is 21.3. The average Bonchev–Trinajstić information content (AvgIpc) is 3.64. The minimum absolute atomic E-state index is 0.109. The van der Waals surface area contributed by atoms with Crippen molar-refractivity contribution >= 4 is 17.2 Å². The number of aryl methyl sites for hydroxylation is 1. The fourth-order valence-electron chi connectivity index (χ4n) is 4.21. The van der Waals surface area contributed by atoms with Crippen LogP contribution < -0.4 is 11.1 Å². The fraction of sp³-hybridized carbons (Fsp3) is 0.586. The van der Waals surface area contributed by atoms with Gasteiger partial charge in [-0.1, -0.05) is 72.1 Å². The molecular formula is C29H45N3O. The highest BCUT2D eigenvalue weighted by Crippen LogP contribution is 2.34. The summed E-state index contributed by atoms with van der Waals surface area (Å²) in [6.45, 7) is 12.4. The maximum Gasteiger partial charge on any atom is 0.157 e. The second-order valence-corrected chi connectivity index (χ2v) is 9.68. The van der Waals surface area contributed by atoms with E-state index in [9.17, 15) is 4.79 Å². The predicted octanol–water partition coefficient (Wildman–Crippen LogP) is 6.67. The van der Waals surface area contributed by atoms with E-state index in [1.54, 1.807) is 0 Å². The number of hydrogen-bond acceptors (Lipinski definition) is 4. The fourth-order valence-corrected chi connectivity index (χ4v) is 4.21. The molecule has 0 spiro atoms. The number of rotatable bonds is 10. The number of piperidine rings is 1. The van der Waals surface area contributed by atoms with Crippen LogP contribution in [0.1, 0.15) is 84.6 Å². The van der Waals surface area contributed by atoms with Crippen LogP contribution in [-0.4, -0.2) is 24.1 Å². The summed E-state index contributed by atoms with van der Waals surface area (Å²) in [6.07, 6.45) is 12.2. The van der Waals surface area contributed by atoms with Crippen molar-refractivity contribution in [2.45, 2.75) is 91.5 Å². The van der Waals surface area contributed by atoms with Crippen LogP contribution >= 0.6 is 0 Å². The van der Waals surface area contributed by atoms with E-state index >= 15 is 0 Å². The van der Waals surface area contributed by atoms with Gasteiger partial charge in [0.2, 0.25) is 0 Å². The van der Waals surface area contributed by atoms with Gasteiger partial charge in [0.05, 0.1) is 5.69 Å². The van der Waals surface area contributed by atoms with Crippen molar-refractivity contribution in [3.63, 3.8) is 0 Å². The number of benzene rings is 1. The van der Waals surface area contributed by atoms with Gasteiger partial charge in [-0.15, -0.1) is 0 Å². The summed E-state index contributed by atoms with van der Waals surface area (Å²) < 4.78 is 0. The van der Waals surface area contributed by atoms with Crippen LogP contribution in [-0.2, 0) is 11.2 Å². The lowest BCUT2D eigenvalue weighted by Gasteiger charge is -2.29. The van der Waals surface area contributed by atoms with Crippen molar-refractivity contribution in [1.29, 1.82) is 0 Å². The second kappa shape index (κ2) is 14.1. The summed E-state index contributed by atoms with van der Waals surface area (Å²) >= 11 is 0. The molecule has 0 amide bonds. The van der Waals surface area contributed by atoms with Crippen molar-refractivity contribution in [2.24, 2.45) is 22.6 Å². The predicted molar refractivity (Wildman–Crippen MR) is 142 cm³/mol. The molecule has 0 bridgehead atoms. The lowest BCUT2D eigenvalue weighted by atomic mass is 9.90. The molecule has 1 saturated carbocycles. The van der Waals surface area contributed by atoms with Crippen LogP contribution in [0.3, 0.4) is 0 Å². The van der Waals surface area contributed by atoms with Crippen LogP contribution in [0.5, 0.6) is 0 Å². The highest BCUT2D eigenvalue weighted by Gasteiger charge is 2.24. The van der Waals surface area contributed by atoms with Gasteiger partial charge in [0.15, 0.2) is 5.78 Å². The molecule has 1 unspecified atom stereocenters. The van der Waals surface area contributed by atoms with Gasteiger partial charge in [-0.05, 0) is 55.4 Å². The molecule has 1 heterocycles. The number of aliphatic imine (C=N–C) groups is 1. The molecule has 4 heteroatoms. The number of ketones is 1. The van der Waals surface area contributed by atoms with Gasteiger partial charge < -0.3 is 11.1 Å². The molecule has 0 aromatic heterocycles. The molecule has 1 aromatic rings. The Morgan fingerprint density at radius 1 is 1.24 bits per heavy atom. The molecule has 3 N–H and O–H groups in total. The highest BCUT2D eigenvalue weighted by atomic mass is 16.1. The van der Waals surface area contributed by atoms with Gasteiger partial charge >= 0.3 is 0 Å². The van der Waals surface area contributed by atoms with Gasteiger partial charge in [-0.2, -0.15) is 0 Å². The Kier molecular flexibility index (Phi) is 11.6. The molecular weight excluding hydrogens is 406 g/mol. The Morgan fingerprint density at radius 2 is 1.94 bits per heavy atom. The SMILES string of the molecule is C=CC(=O)C(C)C.CCC/C(N)=C1/C(=Nc2ccc(CCCC3CC3)cc2)CCNC1CC. The van der Waals surface area contributed by atoms with E-state index < -0.39 is 0 Å². The van der Waals surface area contributed by atoms with E-state index in [1.807, 2.05) is 13.8 Å². The minimum atomic E-state index is 0.109. The van der Waals surface area contributed by atoms with Gasteiger partial charge in [0, 0.05) is 41.9 Å². The normalized spacial score (nSPS) is 20.9. The van der Waals surface area contributed by atoms with Gasteiger partial charge in [0.1, 0.15) is 0 Å². The van der Waals surface area contributed by atoms with Crippen LogP contribution in [0.2, 0.25) is 0 Å². The largest absolute Gasteiger partial charge is 0.402 e. The lowest BCUT2D eigenvalue weighted by Crippen LogP contribution is -2.41. The Hall–Kier alpha value is -2.20. The summed E-state index contributed by atoms with van der Waals surface area (Å²) in [7, 11) is 0. The first-order chi connectivity index (χ1) is 15.9. The molecule has 3 rings (SSSR count). The zero-order valence-electron chi connectivity index (χ0n) is 21.3. The average molecular weight is 452 g/mol. The number of carbonyl (C=O) groups excluding carboxylic acids is 1. The summed E-state index contributed by atoms with van der Waals surface area (Å²) in [5.74, 6) is 1.25. The Bertz CT molecular complexity index is 816. The standard InChI is InChI=1S/C23H35N3.C6H10O/c1-3-6-20(24)23-21(4-2)25-16-15-22(23)26-19-13-11-18(12-14-19)8-5-7-17-9-10-17;1-4-6(7)5(2)3/h11-14,17,21,25H,3-10,15-16,24H2,1-2H3;4-5H,1H2,2-3H3/b23-20-,26-22?;. The topological polar surface area (TPSA) is 67.5 Å². The molecule has 1 aliphatic heterocycles. The maximum absolute atomic E-state index is 10.4. The number of carbonyl (C=O) groups is 1. The number of nitrogens with zero attached hydrogens (tertiary/aromatic N) is 1. The molecule has 33 heavy (non-hydrogen) atoms. The van der Waals surface area contributed by atoms with E-state index in [4.69, 9.17) is 10.7 Å². The molecule has 1 aromatic carbocycles. The number of allylic oxidation sites excluding steroid dienone is 2. The van der Waals surface area contributed by atoms with Crippen molar-refractivity contribution in [1.82, 2.24) is 5.32 Å². The van der Waals surface area contributed by atoms with Gasteiger partial charge in [0.25, 0.3) is 0 Å². The third kappa shape index (κ3) is 9.29. The van der Waals surface area contributed by atoms with Gasteiger partial charge in [-0.25, -0.2) is 0 Å². The quantitative estimate of drug-likeness (QED) is 0.390. The Labute approximate surface area is 201 Å². The molecule has 2 fully saturated rings. The smallest absolute Gasteiger partial charge is 0.157 e. The monoisotopic (exact) mass is 451 g/mol. The summed E-state index contributed by atoms with van der Waals surface area (Å²) in [5, 5.41) is 3.60. The van der Waals surface area contributed by atoms with Crippen molar-refractivity contribution < 1.29 is 4.79 Å². The van der Waals surface area contributed by atoms with E-state index in [0.29, 0.717) is 6.04 Å². The molecule has 1 saturated heterocycles. The van der Waals surface area contributed by atoms with Crippen molar-refractivity contribution in [3.8, 4) is 0 Å². The Morgan fingerprint density at radius 3 is 2.45 bits per heavy atom. The van der Waals surface area contributed by atoms with Crippen molar-refractivity contribution in [2.75, 3.05) is 6.54 Å². The lowest BCUT2D eigenvalue weighted by molar-refractivity contribution is -0.117. The molecule has 0 radical (unpaired) electrons. The highest BCUT2D eigenvalue weighted by molar-refractivity contribution is 6.04. The first-order valence-electron chi connectivity index (χ1n) is 12.9. The molecule has 182 valence electrons. The van der Waals surface area contributed by atoms with E-state index in [0.717, 1.165) is 49.5 Å². The van der Waals surface area contributed by atoms with Crippen molar-refractivity contribution in [3.05, 3.63) is 53.8 Å². The molecule has 1 aliphatic carbocycles.